The van der Waals surface area contributed by atoms with Crippen LogP contribution in [0.25, 0.3) is 0 Å². The lowest BCUT2D eigenvalue weighted by Crippen LogP contribution is -2.42. The third kappa shape index (κ3) is 3.33. The minimum Gasteiger partial charge on any atom is -0.392 e. The van der Waals surface area contributed by atoms with Crippen molar-refractivity contribution in [2.75, 3.05) is 13.1 Å². The number of aryl methyl sites for hydroxylation is 1. The van der Waals surface area contributed by atoms with Gasteiger partial charge in [-0.15, -0.1) is 0 Å². The van der Waals surface area contributed by atoms with Crippen LogP contribution >= 0.6 is 15.9 Å². The standard InChI is InChI=1S/C15H22BrNO3S/c1-10-4-5-17(8-12(10)3)21(19,20)14-7-13(9-18)6-11(2)15(14)16/h6-7,10,12,18H,4-5,8-9H2,1-3H3. The predicted octanol–water partition coefficient (Wildman–Crippen LogP) is 2.92. The molecule has 1 aromatic carbocycles. The molecule has 1 heterocycles. The van der Waals surface area contributed by atoms with E-state index >= 15 is 0 Å². The molecule has 0 amide bonds. The number of rotatable bonds is 3. The largest absolute Gasteiger partial charge is 0.392 e. The van der Waals surface area contributed by atoms with Crippen LogP contribution in [0.5, 0.6) is 0 Å². The molecule has 1 aliphatic heterocycles. The molecular formula is C15H22BrNO3S. The molecule has 0 aliphatic carbocycles. The number of nitrogens with zero attached hydrogens (tertiary/aromatic N) is 1. The average Bonchev–Trinajstić information content (AvgIpc) is 2.44. The van der Waals surface area contributed by atoms with Crippen LogP contribution in [0.15, 0.2) is 21.5 Å². The second kappa shape index (κ2) is 6.36. The highest BCUT2D eigenvalue weighted by molar-refractivity contribution is 9.10. The highest BCUT2D eigenvalue weighted by Gasteiger charge is 2.33. The number of sulfonamides is 1. The molecule has 21 heavy (non-hydrogen) atoms. The normalized spacial score (nSPS) is 24.2. The molecule has 0 radical (unpaired) electrons. The lowest BCUT2D eigenvalue weighted by molar-refractivity contribution is 0.212. The van der Waals surface area contributed by atoms with Crippen molar-refractivity contribution in [2.45, 2.75) is 38.7 Å². The van der Waals surface area contributed by atoms with Gasteiger partial charge in [0.1, 0.15) is 0 Å². The third-order valence-electron chi connectivity index (χ3n) is 4.38. The molecule has 0 saturated carbocycles. The van der Waals surface area contributed by atoms with E-state index in [0.29, 0.717) is 35.0 Å². The lowest BCUT2D eigenvalue weighted by Gasteiger charge is -2.34. The molecule has 1 fully saturated rings. The number of halogens is 1. The molecule has 0 aromatic heterocycles. The molecule has 2 atom stereocenters. The Labute approximate surface area is 135 Å². The van der Waals surface area contributed by atoms with Crippen LogP contribution in [0.3, 0.4) is 0 Å². The van der Waals surface area contributed by atoms with Gasteiger partial charge in [-0.2, -0.15) is 4.31 Å². The minimum atomic E-state index is -3.53. The molecule has 0 spiro atoms. The summed E-state index contributed by atoms with van der Waals surface area (Å²) in [6.45, 7) is 7.05. The molecule has 6 heteroatoms. The van der Waals surface area contributed by atoms with Crippen molar-refractivity contribution >= 4 is 26.0 Å². The van der Waals surface area contributed by atoms with Gasteiger partial charge in [0, 0.05) is 17.6 Å². The Bertz CT molecular complexity index is 630. The van der Waals surface area contributed by atoms with Gasteiger partial charge in [-0.25, -0.2) is 8.42 Å². The molecule has 0 bridgehead atoms. The topological polar surface area (TPSA) is 57.6 Å². The summed E-state index contributed by atoms with van der Waals surface area (Å²) in [4.78, 5) is 0.258. The highest BCUT2D eigenvalue weighted by atomic mass is 79.9. The van der Waals surface area contributed by atoms with E-state index < -0.39 is 10.0 Å². The first-order chi connectivity index (χ1) is 9.77. The van der Waals surface area contributed by atoms with Gasteiger partial charge in [-0.05, 0) is 58.3 Å². The van der Waals surface area contributed by atoms with Crippen molar-refractivity contribution in [2.24, 2.45) is 11.8 Å². The Morgan fingerprint density at radius 2 is 2.00 bits per heavy atom. The van der Waals surface area contributed by atoms with Crippen molar-refractivity contribution < 1.29 is 13.5 Å². The van der Waals surface area contributed by atoms with E-state index in [2.05, 4.69) is 29.8 Å². The molecule has 2 rings (SSSR count). The summed E-state index contributed by atoms with van der Waals surface area (Å²) in [6, 6.07) is 3.36. The van der Waals surface area contributed by atoms with Crippen molar-refractivity contribution in [1.82, 2.24) is 4.31 Å². The van der Waals surface area contributed by atoms with E-state index in [1.807, 2.05) is 6.92 Å². The van der Waals surface area contributed by atoms with E-state index in [4.69, 9.17) is 0 Å². The van der Waals surface area contributed by atoms with Crippen LogP contribution in [0, 0.1) is 18.8 Å². The van der Waals surface area contributed by atoms with E-state index in [9.17, 15) is 13.5 Å². The number of benzene rings is 1. The second-order valence-electron chi connectivity index (χ2n) is 5.99. The molecule has 1 saturated heterocycles. The number of piperidine rings is 1. The summed E-state index contributed by atoms with van der Waals surface area (Å²) in [5.41, 5.74) is 1.44. The van der Waals surface area contributed by atoms with Gasteiger partial charge < -0.3 is 5.11 Å². The van der Waals surface area contributed by atoms with Crippen LogP contribution in [0.2, 0.25) is 0 Å². The van der Waals surface area contributed by atoms with E-state index in [0.717, 1.165) is 12.0 Å². The van der Waals surface area contributed by atoms with E-state index in [-0.39, 0.29) is 11.5 Å². The van der Waals surface area contributed by atoms with Crippen molar-refractivity contribution in [3.63, 3.8) is 0 Å². The quantitative estimate of drug-likeness (QED) is 0.883. The summed E-state index contributed by atoms with van der Waals surface area (Å²) < 4.78 is 27.9. The first-order valence-corrected chi connectivity index (χ1v) is 9.40. The molecule has 1 aromatic rings. The van der Waals surface area contributed by atoms with Gasteiger partial charge in [0.05, 0.1) is 11.5 Å². The Morgan fingerprint density at radius 3 is 2.57 bits per heavy atom. The molecule has 2 unspecified atom stereocenters. The zero-order valence-electron chi connectivity index (χ0n) is 12.6. The van der Waals surface area contributed by atoms with E-state index in [1.54, 1.807) is 16.4 Å². The lowest BCUT2D eigenvalue weighted by atomic mass is 9.90. The number of aliphatic hydroxyl groups excluding tert-OH is 1. The van der Waals surface area contributed by atoms with Crippen LogP contribution < -0.4 is 0 Å². The Kier molecular flexibility index (Phi) is 5.13. The number of aliphatic hydroxyl groups is 1. The SMILES string of the molecule is Cc1cc(CO)cc(S(=O)(=O)N2CCC(C)C(C)C2)c1Br. The van der Waals surface area contributed by atoms with Gasteiger partial charge in [-0.3, -0.25) is 0 Å². The fourth-order valence-corrected chi connectivity index (χ4v) is 5.26. The van der Waals surface area contributed by atoms with E-state index in [1.165, 1.54) is 0 Å². The smallest absolute Gasteiger partial charge is 0.244 e. The molecular weight excluding hydrogens is 354 g/mol. The first kappa shape index (κ1) is 16.9. The number of hydrogen-bond donors (Lipinski definition) is 1. The average molecular weight is 376 g/mol. The summed E-state index contributed by atoms with van der Waals surface area (Å²) in [5, 5.41) is 9.31. The predicted molar refractivity (Wildman–Crippen MR) is 86.5 cm³/mol. The van der Waals surface area contributed by atoms with Gasteiger partial charge in [0.15, 0.2) is 0 Å². The zero-order valence-corrected chi connectivity index (χ0v) is 15.0. The Hall–Kier alpha value is -0.430. The summed E-state index contributed by atoms with van der Waals surface area (Å²) >= 11 is 3.39. The van der Waals surface area contributed by atoms with Gasteiger partial charge in [-0.1, -0.05) is 19.9 Å². The Morgan fingerprint density at radius 1 is 1.33 bits per heavy atom. The summed E-state index contributed by atoms with van der Waals surface area (Å²) in [6.07, 6.45) is 0.886. The molecule has 4 nitrogen and oxygen atoms in total. The van der Waals surface area contributed by atoms with Crippen molar-refractivity contribution in [3.8, 4) is 0 Å². The highest BCUT2D eigenvalue weighted by Crippen LogP contribution is 2.33. The zero-order chi connectivity index (χ0) is 15.8. The number of hydrogen-bond acceptors (Lipinski definition) is 3. The fourth-order valence-electron chi connectivity index (χ4n) is 2.67. The second-order valence-corrected chi connectivity index (χ2v) is 8.69. The van der Waals surface area contributed by atoms with Crippen molar-refractivity contribution in [1.29, 1.82) is 0 Å². The van der Waals surface area contributed by atoms with Crippen molar-refractivity contribution in [3.05, 3.63) is 27.7 Å². The maximum atomic E-state index is 12.9. The van der Waals surface area contributed by atoms with Crippen LogP contribution in [0.1, 0.15) is 31.4 Å². The van der Waals surface area contributed by atoms with Gasteiger partial charge in [0.25, 0.3) is 0 Å². The maximum absolute atomic E-state index is 12.9. The first-order valence-electron chi connectivity index (χ1n) is 7.17. The maximum Gasteiger partial charge on any atom is 0.244 e. The fraction of sp³-hybridized carbons (Fsp3) is 0.600. The van der Waals surface area contributed by atoms with Crippen LogP contribution in [0.4, 0.5) is 0 Å². The van der Waals surface area contributed by atoms with Gasteiger partial charge in [0.2, 0.25) is 10.0 Å². The van der Waals surface area contributed by atoms with Crippen LogP contribution in [-0.2, 0) is 16.6 Å². The summed E-state index contributed by atoms with van der Waals surface area (Å²) in [5.74, 6) is 0.903. The summed E-state index contributed by atoms with van der Waals surface area (Å²) in [7, 11) is -3.53. The van der Waals surface area contributed by atoms with Crippen LogP contribution in [-0.4, -0.2) is 30.9 Å². The minimum absolute atomic E-state index is 0.163. The molecule has 1 aliphatic rings. The Balaban J connectivity index is 2.42. The van der Waals surface area contributed by atoms with Gasteiger partial charge >= 0.3 is 0 Å². The molecule has 1 N–H and O–H groups in total. The molecule has 118 valence electrons. The monoisotopic (exact) mass is 375 g/mol. The third-order valence-corrected chi connectivity index (χ3v) is 7.58.